The molecule has 172 valence electrons. The van der Waals surface area contributed by atoms with E-state index in [9.17, 15) is 13.2 Å². The molecule has 0 saturated carbocycles. The molecule has 0 spiro atoms. The molecule has 0 saturated heterocycles. The van der Waals surface area contributed by atoms with Crippen molar-refractivity contribution in [3.8, 4) is 11.5 Å². The molecule has 0 amide bonds. The van der Waals surface area contributed by atoms with E-state index in [1.807, 2.05) is 48.5 Å². The van der Waals surface area contributed by atoms with Gasteiger partial charge in [-0.1, -0.05) is 66.2 Å². The van der Waals surface area contributed by atoms with Crippen LogP contribution < -0.4 is 8.92 Å². The fourth-order valence-corrected chi connectivity index (χ4v) is 4.55. The molecule has 0 bridgehead atoms. The van der Waals surface area contributed by atoms with E-state index in [-0.39, 0.29) is 5.75 Å². The Morgan fingerprint density at radius 3 is 2.39 bits per heavy atom. The lowest BCUT2D eigenvalue weighted by molar-refractivity contribution is -0.139. The van der Waals surface area contributed by atoms with Crippen molar-refractivity contribution in [2.24, 2.45) is 0 Å². The van der Waals surface area contributed by atoms with Gasteiger partial charge in [0.1, 0.15) is 11.5 Å². The normalized spacial score (nSPS) is 11.8. The van der Waals surface area contributed by atoms with Crippen LogP contribution in [0.25, 0.3) is 5.57 Å². The largest absolute Gasteiger partial charge is 0.480 e. The van der Waals surface area contributed by atoms with E-state index in [4.69, 9.17) is 25.6 Å². The minimum absolute atomic E-state index is 0.253. The van der Waals surface area contributed by atoms with Crippen LogP contribution in [0.5, 0.6) is 11.5 Å². The number of hydrogen-bond acceptors (Lipinski definition) is 6. The molecule has 3 rings (SSSR count). The lowest BCUT2D eigenvalue weighted by atomic mass is 9.97. The van der Waals surface area contributed by atoms with Crippen LogP contribution in [0.15, 0.2) is 83.8 Å². The minimum atomic E-state index is -3.69. The van der Waals surface area contributed by atoms with Crippen molar-refractivity contribution in [1.82, 2.24) is 0 Å². The molecule has 0 aliphatic heterocycles. The average Bonchev–Trinajstić information content (AvgIpc) is 2.76. The van der Waals surface area contributed by atoms with Crippen LogP contribution in [0, 0.1) is 0 Å². The van der Waals surface area contributed by atoms with Gasteiger partial charge in [-0.3, -0.25) is 0 Å². The Balaban J connectivity index is 1.86. The quantitative estimate of drug-likeness (QED) is 0.293. The van der Waals surface area contributed by atoms with Gasteiger partial charge in [0.15, 0.2) is 6.61 Å². The van der Waals surface area contributed by atoms with Crippen molar-refractivity contribution in [3.63, 3.8) is 0 Å². The molecule has 6 nitrogen and oxygen atoms in total. The number of ether oxygens (including phenoxy) is 1. The number of carboxylic acid groups (broad SMARTS) is 1. The van der Waals surface area contributed by atoms with Crippen molar-refractivity contribution in [1.29, 1.82) is 0 Å². The van der Waals surface area contributed by atoms with Crippen LogP contribution in [0.2, 0.25) is 5.02 Å². The number of aliphatic carboxylic acids is 1. The number of rotatable bonds is 10. The molecular formula is C24H21ClO6S2. The highest BCUT2D eigenvalue weighted by Crippen LogP contribution is 2.34. The molecule has 33 heavy (non-hydrogen) atoms. The molecule has 0 heterocycles. The fraction of sp³-hybridized carbons (Fsp3) is 0.125. The molecule has 0 radical (unpaired) electrons. The van der Waals surface area contributed by atoms with E-state index in [0.29, 0.717) is 22.1 Å². The van der Waals surface area contributed by atoms with E-state index in [0.717, 1.165) is 22.3 Å². The maximum atomic E-state index is 11.8. The van der Waals surface area contributed by atoms with Gasteiger partial charge in [-0.2, -0.15) is 8.42 Å². The standard InChI is InChI=1S/C24H21ClO6S2/c1-33(28,29)31-22-10-6-5-9-20(22)19(17-7-3-2-4-8-17)13-14-32-18-11-12-23(21(25)15-18)30-16-24(26)27/h2-13,15H,14,16H2,1H3,(H,26,27). The Kier molecular flexibility index (Phi) is 8.43. The molecule has 0 fully saturated rings. The molecule has 0 unspecified atom stereocenters. The van der Waals surface area contributed by atoms with Crippen LogP contribution in [0.4, 0.5) is 0 Å². The van der Waals surface area contributed by atoms with Crippen LogP contribution in [-0.2, 0) is 14.9 Å². The van der Waals surface area contributed by atoms with Gasteiger partial charge in [0.05, 0.1) is 11.3 Å². The van der Waals surface area contributed by atoms with Crippen molar-refractivity contribution < 1.29 is 27.2 Å². The van der Waals surface area contributed by atoms with Crippen molar-refractivity contribution in [2.45, 2.75) is 4.90 Å². The van der Waals surface area contributed by atoms with Gasteiger partial charge < -0.3 is 14.0 Å². The molecule has 9 heteroatoms. The molecule has 3 aromatic carbocycles. The van der Waals surface area contributed by atoms with Gasteiger partial charge in [0.2, 0.25) is 0 Å². The third-order valence-corrected chi connectivity index (χ3v) is 5.99. The number of halogens is 1. The van der Waals surface area contributed by atoms with E-state index in [1.54, 1.807) is 30.3 Å². The number of benzene rings is 3. The highest BCUT2D eigenvalue weighted by molar-refractivity contribution is 7.99. The maximum Gasteiger partial charge on any atom is 0.341 e. The molecule has 0 aliphatic rings. The number of carboxylic acids is 1. The Labute approximate surface area is 201 Å². The minimum Gasteiger partial charge on any atom is -0.480 e. The third-order valence-electron chi connectivity index (χ3n) is 4.30. The maximum absolute atomic E-state index is 11.8. The third kappa shape index (κ3) is 7.56. The van der Waals surface area contributed by atoms with E-state index < -0.39 is 22.7 Å². The highest BCUT2D eigenvalue weighted by Gasteiger charge is 2.14. The van der Waals surface area contributed by atoms with E-state index in [2.05, 4.69) is 0 Å². The van der Waals surface area contributed by atoms with Crippen molar-refractivity contribution in [2.75, 3.05) is 18.6 Å². The summed E-state index contributed by atoms with van der Waals surface area (Å²) in [6.45, 7) is -0.468. The predicted molar refractivity (Wildman–Crippen MR) is 131 cm³/mol. The number of para-hydroxylation sites is 1. The molecule has 1 N–H and O–H groups in total. The summed E-state index contributed by atoms with van der Waals surface area (Å²) < 4.78 is 33.9. The first-order valence-electron chi connectivity index (χ1n) is 9.74. The van der Waals surface area contributed by atoms with Gasteiger partial charge in [0, 0.05) is 16.2 Å². The molecular weight excluding hydrogens is 484 g/mol. The molecule has 3 aromatic rings. The zero-order chi connectivity index (χ0) is 23.8. The Hall–Kier alpha value is -2.94. The lowest BCUT2D eigenvalue weighted by Gasteiger charge is -2.14. The van der Waals surface area contributed by atoms with Gasteiger partial charge in [0.25, 0.3) is 0 Å². The number of carbonyl (C=O) groups is 1. The predicted octanol–water partition coefficient (Wildman–Crippen LogP) is 5.37. The second-order valence-corrected chi connectivity index (χ2v) is 9.93. The van der Waals surface area contributed by atoms with Gasteiger partial charge in [-0.05, 0) is 35.4 Å². The van der Waals surface area contributed by atoms with E-state index in [1.165, 1.54) is 11.8 Å². The summed E-state index contributed by atoms with van der Waals surface area (Å²) in [5.41, 5.74) is 2.40. The van der Waals surface area contributed by atoms with Crippen LogP contribution in [0.3, 0.4) is 0 Å². The number of thioether (sulfide) groups is 1. The summed E-state index contributed by atoms with van der Waals surface area (Å²) in [7, 11) is -3.69. The second kappa shape index (κ2) is 11.3. The zero-order valence-corrected chi connectivity index (χ0v) is 20.0. The summed E-state index contributed by atoms with van der Waals surface area (Å²) >= 11 is 7.72. The first-order valence-corrected chi connectivity index (χ1v) is 12.9. The van der Waals surface area contributed by atoms with Gasteiger partial charge in [-0.25, -0.2) is 4.79 Å². The summed E-state index contributed by atoms with van der Waals surface area (Å²) in [6.07, 6.45) is 3.01. The van der Waals surface area contributed by atoms with Crippen LogP contribution in [0.1, 0.15) is 11.1 Å². The van der Waals surface area contributed by atoms with Crippen molar-refractivity contribution in [3.05, 3.63) is 95.0 Å². The van der Waals surface area contributed by atoms with Crippen LogP contribution in [-0.4, -0.2) is 38.1 Å². The Morgan fingerprint density at radius 1 is 1.03 bits per heavy atom. The van der Waals surface area contributed by atoms with Crippen molar-refractivity contribution >= 4 is 45.0 Å². The summed E-state index contributed by atoms with van der Waals surface area (Å²) in [5.74, 6) is 0.0328. The van der Waals surface area contributed by atoms with E-state index >= 15 is 0 Å². The summed E-state index contributed by atoms with van der Waals surface area (Å²) in [5, 5.41) is 9.06. The SMILES string of the molecule is CS(=O)(=O)Oc1ccccc1C(=CCSc1ccc(OCC(=O)O)c(Cl)c1)c1ccccc1. The topological polar surface area (TPSA) is 89.9 Å². The van der Waals surface area contributed by atoms with Crippen LogP contribution >= 0.6 is 23.4 Å². The lowest BCUT2D eigenvalue weighted by Crippen LogP contribution is -2.09. The number of hydrogen-bond donors (Lipinski definition) is 1. The van der Waals surface area contributed by atoms with Gasteiger partial charge in [-0.15, -0.1) is 11.8 Å². The molecule has 0 aliphatic carbocycles. The highest BCUT2D eigenvalue weighted by atomic mass is 35.5. The molecule has 0 atom stereocenters. The summed E-state index contributed by atoms with van der Waals surface area (Å²) in [6, 6.07) is 21.7. The fourth-order valence-electron chi connectivity index (χ4n) is 2.98. The molecule has 0 aromatic heterocycles. The summed E-state index contributed by atoms with van der Waals surface area (Å²) in [4.78, 5) is 11.5. The first kappa shape index (κ1) is 24.7. The smallest absolute Gasteiger partial charge is 0.341 e. The second-order valence-electron chi connectivity index (χ2n) is 6.85. The average molecular weight is 505 g/mol. The van der Waals surface area contributed by atoms with Gasteiger partial charge >= 0.3 is 16.1 Å². The Bertz CT molecular complexity index is 1260. The zero-order valence-electron chi connectivity index (χ0n) is 17.6. The Morgan fingerprint density at radius 2 is 1.73 bits per heavy atom. The first-order chi connectivity index (χ1) is 15.7. The monoisotopic (exact) mass is 504 g/mol.